The molecular weight excluding hydrogens is 424 g/mol. The predicted octanol–water partition coefficient (Wildman–Crippen LogP) is 4.71. The van der Waals surface area contributed by atoms with Crippen molar-refractivity contribution in [2.45, 2.75) is 30.3 Å². The summed E-state index contributed by atoms with van der Waals surface area (Å²) in [6.45, 7) is 3.56. The highest BCUT2D eigenvalue weighted by Crippen LogP contribution is 2.39. The van der Waals surface area contributed by atoms with Gasteiger partial charge in [-0.2, -0.15) is 0 Å². The molecule has 1 aliphatic heterocycles. The van der Waals surface area contributed by atoms with Gasteiger partial charge >= 0.3 is 0 Å². The summed E-state index contributed by atoms with van der Waals surface area (Å²) in [5, 5.41) is 1.77. The first-order valence-corrected chi connectivity index (χ1v) is 11.2. The number of halogens is 1. The first kappa shape index (κ1) is 21.0. The summed E-state index contributed by atoms with van der Waals surface area (Å²) in [5.74, 6) is 1.84. The fraction of sp³-hybridized carbons (Fsp3) is 0.364. The van der Waals surface area contributed by atoms with Gasteiger partial charge in [-0.15, -0.1) is 0 Å². The van der Waals surface area contributed by atoms with E-state index in [1.165, 1.54) is 11.8 Å². The molecule has 0 radical (unpaired) electrons. The van der Waals surface area contributed by atoms with Gasteiger partial charge in [-0.05, 0) is 36.8 Å². The molecule has 0 fully saturated rings. The Morgan fingerprint density at radius 3 is 2.90 bits per heavy atom. The van der Waals surface area contributed by atoms with E-state index in [1.807, 2.05) is 37.3 Å². The average molecular weight is 447 g/mol. The van der Waals surface area contributed by atoms with Gasteiger partial charge in [0, 0.05) is 19.3 Å². The molecule has 0 spiro atoms. The van der Waals surface area contributed by atoms with Crippen LogP contribution in [0.25, 0.3) is 10.9 Å². The van der Waals surface area contributed by atoms with Gasteiger partial charge in [-0.3, -0.25) is 9.36 Å². The topological polar surface area (TPSA) is 62.6 Å². The predicted molar refractivity (Wildman–Crippen MR) is 119 cm³/mol. The van der Waals surface area contributed by atoms with Gasteiger partial charge in [0.1, 0.15) is 0 Å². The average Bonchev–Trinajstić information content (AvgIpc) is 2.98. The number of hydrogen-bond acceptors (Lipinski definition) is 6. The highest BCUT2D eigenvalue weighted by atomic mass is 35.5. The van der Waals surface area contributed by atoms with E-state index in [-0.39, 0.29) is 11.6 Å². The van der Waals surface area contributed by atoms with Crippen molar-refractivity contribution >= 4 is 34.3 Å². The Bertz CT molecular complexity index is 1120. The number of fused-ring (bicyclic) bond motifs is 2. The molecule has 1 atom stereocenters. The van der Waals surface area contributed by atoms with Crippen molar-refractivity contribution in [1.29, 1.82) is 0 Å². The molecule has 2 heterocycles. The second-order valence-electron chi connectivity index (χ2n) is 7.14. The van der Waals surface area contributed by atoms with Gasteiger partial charge < -0.3 is 14.2 Å². The van der Waals surface area contributed by atoms with E-state index < -0.39 is 0 Å². The lowest BCUT2D eigenvalue weighted by Gasteiger charge is -2.19. The Labute approximate surface area is 184 Å². The number of ether oxygens (including phenoxy) is 3. The molecular formula is C22H23ClN2O4S. The molecule has 0 bridgehead atoms. The van der Waals surface area contributed by atoms with Crippen LogP contribution in [0, 0.1) is 0 Å². The zero-order valence-corrected chi connectivity index (χ0v) is 18.5. The number of nitrogens with zero attached hydrogens (tertiary/aromatic N) is 2. The maximum absolute atomic E-state index is 13.2. The van der Waals surface area contributed by atoms with Gasteiger partial charge in [0.2, 0.25) is 0 Å². The van der Waals surface area contributed by atoms with Crippen molar-refractivity contribution in [2.75, 3.05) is 26.9 Å². The summed E-state index contributed by atoms with van der Waals surface area (Å²) in [6, 6.07) is 11.1. The van der Waals surface area contributed by atoms with Crippen molar-refractivity contribution in [2.24, 2.45) is 0 Å². The third-order valence-electron chi connectivity index (χ3n) is 4.85. The number of benzene rings is 2. The lowest BCUT2D eigenvalue weighted by atomic mass is 10.2. The minimum atomic E-state index is -0.144. The normalized spacial score (nSPS) is 14.5. The van der Waals surface area contributed by atoms with Crippen LogP contribution in [0.15, 0.2) is 46.3 Å². The zero-order chi connectivity index (χ0) is 21.1. The summed E-state index contributed by atoms with van der Waals surface area (Å²) in [5.41, 5.74) is 1.59. The van der Waals surface area contributed by atoms with Crippen LogP contribution < -0.4 is 15.0 Å². The molecule has 3 aromatic rings. The molecule has 1 aliphatic rings. The quantitative estimate of drug-likeness (QED) is 0.403. The Morgan fingerprint density at radius 1 is 1.27 bits per heavy atom. The third kappa shape index (κ3) is 4.29. The van der Waals surface area contributed by atoms with Gasteiger partial charge in [0.25, 0.3) is 5.56 Å². The van der Waals surface area contributed by atoms with Crippen LogP contribution in [-0.2, 0) is 10.5 Å². The Balaban J connectivity index is 1.68. The van der Waals surface area contributed by atoms with Gasteiger partial charge in [-0.1, -0.05) is 35.5 Å². The second kappa shape index (κ2) is 9.29. The molecule has 8 heteroatoms. The summed E-state index contributed by atoms with van der Waals surface area (Å²) >= 11 is 7.92. The van der Waals surface area contributed by atoms with Crippen LogP contribution in [-0.4, -0.2) is 36.5 Å². The minimum Gasteiger partial charge on any atom is -0.489 e. The fourth-order valence-electron chi connectivity index (χ4n) is 3.45. The monoisotopic (exact) mass is 446 g/mol. The maximum Gasteiger partial charge on any atom is 0.262 e. The smallest absolute Gasteiger partial charge is 0.262 e. The van der Waals surface area contributed by atoms with Crippen LogP contribution in [0.2, 0.25) is 5.02 Å². The minimum absolute atomic E-state index is 0.0654. The maximum atomic E-state index is 13.2. The van der Waals surface area contributed by atoms with Crippen LogP contribution in [0.1, 0.15) is 24.9 Å². The molecule has 0 aliphatic carbocycles. The first-order chi connectivity index (χ1) is 14.6. The Morgan fingerprint density at radius 2 is 2.07 bits per heavy atom. The summed E-state index contributed by atoms with van der Waals surface area (Å²) in [4.78, 5) is 17.9. The fourth-order valence-corrected chi connectivity index (χ4v) is 4.76. The molecule has 0 saturated carbocycles. The molecule has 2 aromatic carbocycles. The molecule has 1 unspecified atom stereocenters. The first-order valence-electron chi connectivity index (χ1n) is 9.79. The molecule has 6 nitrogen and oxygen atoms in total. The van der Waals surface area contributed by atoms with Gasteiger partial charge in [0.05, 0.1) is 41.8 Å². The second-order valence-corrected chi connectivity index (χ2v) is 8.48. The number of thioether (sulfide) groups is 1. The number of rotatable bonds is 6. The van der Waals surface area contributed by atoms with E-state index >= 15 is 0 Å². The van der Waals surface area contributed by atoms with Crippen LogP contribution >= 0.6 is 23.4 Å². The van der Waals surface area contributed by atoms with E-state index in [0.717, 1.165) is 12.0 Å². The molecule has 0 amide bonds. The zero-order valence-electron chi connectivity index (χ0n) is 16.9. The van der Waals surface area contributed by atoms with Crippen molar-refractivity contribution in [3.63, 3.8) is 0 Å². The van der Waals surface area contributed by atoms with Gasteiger partial charge in [0.15, 0.2) is 16.7 Å². The largest absolute Gasteiger partial charge is 0.489 e. The van der Waals surface area contributed by atoms with Crippen LogP contribution in [0.4, 0.5) is 0 Å². The summed E-state index contributed by atoms with van der Waals surface area (Å²) < 4.78 is 18.5. The number of para-hydroxylation sites is 1. The highest BCUT2D eigenvalue weighted by Gasteiger charge is 2.19. The molecule has 0 saturated heterocycles. The molecule has 158 valence electrons. The molecule has 0 N–H and O–H groups in total. The Hall–Kier alpha value is -2.22. The molecule has 30 heavy (non-hydrogen) atoms. The summed E-state index contributed by atoms with van der Waals surface area (Å²) in [7, 11) is 1.63. The number of methoxy groups -OCH3 is 1. The van der Waals surface area contributed by atoms with E-state index in [9.17, 15) is 4.79 Å². The summed E-state index contributed by atoms with van der Waals surface area (Å²) in [6.07, 6.45) is 0.819. The SMILES string of the molecule is COCC(C)n1c(SCc2cc(Cl)c3c(c2)OCCCO3)nc2ccccc2c1=O. The molecule has 1 aromatic heterocycles. The lowest BCUT2D eigenvalue weighted by Crippen LogP contribution is -2.28. The Kier molecular flexibility index (Phi) is 6.51. The van der Waals surface area contributed by atoms with E-state index in [1.54, 1.807) is 17.7 Å². The van der Waals surface area contributed by atoms with Crippen LogP contribution in [0.3, 0.4) is 0 Å². The van der Waals surface area contributed by atoms with Crippen molar-refractivity contribution < 1.29 is 14.2 Å². The third-order valence-corrected chi connectivity index (χ3v) is 6.16. The van der Waals surface area contributed by atoms with E-state index in [2.05, 4.69) is 0 Å². The van der Waals surface area contributed by atoms with Crippen molar-refractivity contribution in [3.05, 3.63) is 57.3 Å². The van der Waals surface area contributed by atoms with E-state index in [0.29, 0.717) is 58.2 Å². The lowest BCUT2D eigenvalue weighted by molar-refractivity contribution is 0.156. The van der Waals surface area contributed by atoms with E-state index in [4.69, 9.17) is 30.8 Å². The van der Waals surface area contributed by atoms with Crippen LogP contribution in [0.5, 0.6) is 11.5 Å². The highest BCUT2D eigenvalue weighted by molar-refractivity contribution is 7.98. The molecule has 4 rings (SSSR count). The van der Waals surface area contributed by atoms with Gasteiger partial charge in [-0.25, -0.2) is 4.98 Å². The standard InChI is InChI=1S/C22H23ClN2O4S/c1-14(12-27-2)25-21(26)16-6-3-4-7-18(16)24-22(25)30-13-15-10-17(23)20-19(11-15)28-8-5-9-29-20/h3-4,6-7,10-11,14H,5,8-9,12-13H2,1-2H3. The number of aromatic nitrogens is 2. The van der Waals surface area contributed by atoms with Crippen molar-refractivity contribution in [1.82, 2.24) is 9.55 Å². The van der Waals surface area contributed by atoms with Crippen molar-refractivity contribution in [3.8, 4) is 11.5 Å². The number of hydrogen-bond donors (Lipinski definition) is 0.